The van der Waals surface area contributed by atoms with Crippen molar-refractivity contribution in [3.05, 3.63) is 65.7 Å². The fraction of sp³-hybridized carbons (Fsp3) is 0.273. The number of phenolic OH excluding ortho intramolecular Hbond substituents is 1. The number of benzene rings is 2. The summed E-state index contributed by atoms with van der Waals surface area (Å²) in [5.41, 5.74) is 0.607. The molecule has 2 heterocycles. The third-order valence-electron chi connectivity index (χ3n) is 5.50. The van der Waals surface area contributed by atoms with Crippen LogP contribution in [-0.4, -0.2) is 46.9 Å². The van der Waals surface area contributed by atoms with E-state index >= 15 is 0 Å². The number of sulfone groups is 1. The molecular formula is C22H23N3O4S. The molecule has 0 spiro atoms. The van der Waals surface area contributed by atoms with E-state index in [4.69, 9.17) is 0 Å². The SMILES string of the molecule is C=CC(N1CCCCC1)S(=O)(=O)c1ccccc1-c1cc(O)c2nc[nH]c(=O)c2c1. The van der Waals surface area contributed by atoms with Crippen molar-refractivity contribution in [1.29, 1.82) is 0 Å². The third kappa shape index (κ3) is 3.53. The van der Waals surface area contributed by atoms with Crippen molar-refractivity contribution < 1.29 is 13.5 Å². The first-order valence-electron chi connectivity index (χ1n) is 9.84. The summed E-state index contributed by atoms with van der Waals surface area (Å²) >= 11 is 0. The Balaban J connectivity index is 1.87. The van der Waals surface area contributed by atoms with Gasteiger partial charge in [-0.2, -0.15) is 0 Å². The molecule has 1 atom stereocenters. The zero-order chi connectivity index (χ0) is 21.3. The average Bonchev–Trinajstić information content (AvgIpc) is 2.75. The van der Waals surface area contributed by atoms with Crippen molar-refractivity contribution in [1.82, 2.24) is 14.9 Å². The van der Waals surface area contributed by atoms with Crippen LogP contribution in [0.15, 0.2) is 65.1 Å². The summed E-state index contributed by atoms with van der Waals surface area (Å²) in [7, 11) is -3.78. The molecule has 0 aliphatic carbocycles. The van der Waals surface area contributed by atoms with Gasteiger partial charge in [0.2, 0.25) is 0 Å². The van der Waals surface area contributed by atoms with Gasteiger partial charge in [0, 0.05) is 5.56 Å². The second-order valence-corrected chi connectivity index (χ2v) is 9.40. The Hall–Kier alpha value is -2.97. The van der Waals surface area contributed by atoms with Crippen LogP contribution < -0.4 is 5.56 Å². The first-order chi connectivity index (χ1) is 14.4. The Kier molecular flexibility index (Phi) is 5.44. The number of aromatic hydroxyl groups is 1. The number of piperidine rings is 1. The standard InChI is InChI=1S/C22H23N3O4S/c1-2-20(25-10-6-3-7-11-25)30(28,29)19-9-5-4-8-16(19)15-12-17-21(18(26)13-15)23-14-24-22(17)27/h2,4-5,8-9,12-14,20,26H,1,3,6-7,10-11H2,(H,23,24,27). The number of nitrogens with zero attached hydrogens (tertiary/aromatic N) is 2. The number of hydrogen-bond donors (Lipinski definition) is 2. The number of H-pyrrole nitrogens is 1. The molecule has 156 valence electrons. The molecule has 1 saturated heterocycles. The number of rotatable bonds is 5. The molecule has 0 bridgehead atoms. The van der Waals surface area contributed by atoms with E-state index in [1.54, 1.807) is 30.3 Å². The van der Waals surface area contributed by atoms with Crippen LogP contribution in [0.3, 0.4) is 0 Å². The lowest BCUT2D eigenvalue weighted by Gasteiger charge is -2.32. The molecule has 4 rings (SSSR count). The molecule has 2 aromatic carbocycles. The van der Waals surface area contributed by atoms with E-state index < -0.39 is 20.8 Å². The molecule has 1 aliphatic heterocycles. The molecule has 1 unspecified atom stereocenters. The summed E-state index contributed by atoms with van der Waals surface area (Å²) in [6.07, 6.45) is 5.70. The quantitative estimate of drug-likeness (QED) is 0.609. The van der Waals surface area contributed by atoms with Gasteiger partial charge in [-0.1, -0.05) is 30.7 Å². The van der Waals surface area contributed by atoms with Crippen LogP contribution in [0, 0.1) is 0 Å². The lowest BCUT2D eigenvalue weighted by molar-refractivity contribution is 0.229. The lowest BCUT2D eigenvalue weighted by Crippen LogP contribution is -2.42. The van der Waals surface area contributed by atoms with E-state index in [9.17, 15) is 18.3 Å². The third-order valence-corrected chi connectivity index (χ3v) is 7.59. The van der Waals surface area contributed by atoms with E-state index in [-0.39, 0.29) is 21.5 Å². The molecule has 1 fully saturated rings. The summed E-state index contributed by atoms with van der Waals surface area (Å²) < 4.78 is 27.2. The average molecular weight is 426 g/mol. The predicted molar refractivity (Wildman–Crippen MR) is 116 cm³/mol. The fourth-order valence-electron chi connectivity index (χ4n) is 4.04. The number of likely N-dealkylation sites (tertiary alicyclic amines) is 1. The minimum atomic E-state index is -3.78. The largest absolute Gasteiger partial charge is 0.506 e. The maximum atomic E-state index is 13.6. The van der Waals surface area contributed by atoms with E-state index in [0.29, 0.717) is 24.2 Å². The Morgan fingerprint density at radius 1 is 1.17 bits per heavy atom. The highest BCUT2D eigenvalue weighted by Gasteiger charge is 2.33. The summed E-state index contributed by atoms with van der Waals surface area (Å²) in [6, 6.07) is 9.62. The predicted octanol–water partition coefficient (Wildman–Crippen LogP) is 3.07. The lowest BCUT2D eigenvalue weighted by atomic mass is 10.0. The van der Waals surface area contributed by atoms with Gasteiger partial charge in [0.05, 0.1) is 16.6 Å². The van der Waals surface area contributed by atoms with Gasteiger partial charge in [-0.3, -0.25) is 9.69 Å². The van der Waals surface area contributed by atoms with Gasteiger partial charge in [0.25, 0.3) is 5.56 Å². The van der Waals surface area contributed by atoms with Crippen molar-refractivity contribution in [3.8, 4) is 16.9 Å². The monoisotopic (exact) mass is 425 g/mol. The summed E-state index contributed by atoms with van der Waals surface area (Å²) in [4.78, 5) is 20.8. The van der Waals surface area contributed by atoms with E-state index in [2.05, 4.69) is 16.5 Å². The van der Waals surface area contributed by atoms with Crippen molar-refractivity contribution in [2.75, 3.05) is 13.1 Å². The first-order valence-corrected chi connectivity index (χ1v) is 11.4. The number of aromatic nitrogens is 2. The van der Waals surface area contributed by atoms with Crippen LogP contribution in [-0.2, 0) is 9.84 Å². The Morgan fingerprint density at radius 3 is 2.63 bits per heavy atom. The summed E-state index contributed by atoms with van der Waals surface area (Å²) in [5.74, 6) is -0.183. The second-order valence-electron chi connectivity index (χ2n) is 7.39. The van der Waals surface area contributed by atoms with Crippen molar-refractivity contribution >= 4 is 20.7 Å². The van der Waals surface area contributed by atoms with Crippen LogP contribution in [0.25, 0.3) is 22.0 Å². The fourth-order valence-corrected chi connectivity index (χ4v) is 5.92. The molecule has 0 amide bonds. The van der Waals surface area contributed by atoms with Crippen molar-refractivity contribution in [3.63, 3.8) is 0 Å². The molecule has 8 heteroatoms. The number of phenols is 1. The normalized spacial score (nSPS) is 16.4. The Bertz CT molecular complexity index is 1260. The highest BCUT2D eigenvalue weighted by molar-refractivity contribution is 7.92. The second kappa shape index (κ2) is 8.04. The summed E-state index contributed by atoms with van der Waals surface area (Å²) in [5, 5.41) is 9.76. The van der Waals surface area contributed by atoms with Gasteiger partial charge in [-0.05, 0) is 49.7 Å². The van der Waals surface area contributed by atoms with Gasteiger partial charge < -0.3 is 10.1 Å². The molecule has 1 aliphatic rings. The van der Waals surface area contributed by atoms with Gasteiger partial charge in [0.1, 0.15) is 16.6 Å². The highest BCUT2D eigenvalue weighted by Crippen LogP contribution is 2.35. The van der Waals surface area contributed by atoms with Crippen LogP contribution in [0.5, 0.6) is 5.75 Å². The van der Waals surface area contributed by atoms with Gasteiger partial charge in [-0.25, -0.2) is 13.4 Å². The zero-order valence-electron chi connectivity index (χ0n) is 16.4. The molecule has 7 nitrogen and oxygen atoms in total. The highest BCUT2D eigenvalue weighted by atomic mass is 32.2. The molecular weight excluding hydrogens is 402 g/mol. The minimum absolute atomic E-state index is 0.138. The molecule has 0 saturated carbocycles. The number of hydrogen-bond acceptors (Lipinski definition) is 6. The van der Waals surface area contributed by atoms with Crippen LogP contribution >= 0.6 is 0 Å². The van der Waals surface area contributed by atoms with Crippen molar-refractivity contribution in [2.24, 2.45) is 0 Å². The molecule has 1 aromatic heterocycles. The maximum Gasteiger partial charge on any atom is 0.258 e. The van der Waals surface area contributed by atoms with E-state index in [1.165, 1.54) is 18.5 Å². The van der Waals surface area contributed by atoms with E-state index in [1.807, 2.05) is 4.90 Å². The van der Waals surface area contributed by atoms with Crippen molar-refractivity contribution in [2.45, 2.75) is 29.5 Å². The molecule has 2 N–H and O–H groups in total. The minimum Gasteiger partial charge on any atom is -0.506 e. The topological polar surface area (TPSA) is 103 Å². The Labute approximate surface area is 174 Å². The van der Waals surface area contributed by atoms with Gasteiger partial charge in [0.15, 0.2) is 9.84 Å². The summed E-state index contributed by atoms with van der Waals surface area (Å²) in [6.45, 7) is 5.19. The number of aromatic amines is 1. The molecule has 3 aromatic rings. The molecule has 30 heavy (non-hydrogen) atoms. The zero-order valence-corrected chi connectivity index (χ0v) is 17.2. The molecule has 0 radical (unpaired) electrons. The number of fused-ring (bicyclic) bond motifs is 1. The van der Waals surface area contributed by atoms with Crippen LogP contribution in [0.4, 0.5) is 0 Å². The van der Waals surface area contributed by atoms with E-state index in [0.717, 1.165) is 19.3 Å². The first kappa shape index (κ1) is 20.3. The number of nitrogens with one attached hydrogen (secondary N) is 1. The maximum absolute atomic E-state index is 13.6. The van der Waals surface area contributed by atoms with Crippen LogP contribution in [0.1, 0.15) is 19.3 Å². The van der Waals surface area contributed by atoms with Gasteiger partial charge >= 0.3 is 0 Å². The van der Waals surface area contributed by atoms with Crippen LogP contribution in [0.2, 0.25) is 0 Å². The Morgan fingerprint density at radius 2 is 1.90 bits per heavy atom. The van der Waals surface area contributed by atoms with Gasteiger partial charge in [-0.15, -0.1) is 6.58 Å². The smallest absolute Gasteiger partial charge is 0.258 e.